The largest absolute Gasteiger partial charge is 0.294 e. The molecule has 0 amide bonds. The third-order valence-electron chi connectivity index (χ3n) is 3.48. The van der Waals surface area contributed by atoms with Gasteiger partial charge in [-0.1, -0.05) is 70.0 Å². The van der Waals surface area contributed by atoms with Crippen LogP contribution in [0.25, 0.3) is 10.8 Å². The van der Waals surface area contributed by atoms with Crippen molar-refractivity contribution in [3.8, 4) is 0 Å². The first-order valence-electron chi connectivity index (χ1n) is 6.60. The monoisotopic (exact) mass is 358 g/mol. The van der Waals surface area contributed by atoms with Crippen molar-refractivity contribution >= 4 is 44.1 Å². The highest BCUT2D eigenvalue weighted by molar-refractivity contribution is 9.10. The highest BCUT2D eigenvalue weighted by Gasteiger charge is 2.13. The molecule has 3 aromatic rings. The lowest BCUT2D eigenvalue weighted by atomic mass is 9.97. The van der Waals surface area contributed by atoms with Crippen molar-refractivity contribution in [2.24, 2.45) is 0 Å². The van der Waals surface area contributed by atoms with Crippen molar-refractivity contribution in [1.29, 1.82) is 0 Å². The molecule has 0 spiro atoms. The number of ketones is 1. The fourth-order valence-corrected chi connectivity index (χ4v) is 3.10. The topological polar surface area (TPSA) is 17.1 Å². The van der Waals surface area contributed by atoms with E-state index in [-0.39, 0.29) is 5.78 Å². The van der Waals surface area contributed by atoms with Gasteiger partial charge in [-0.25, -0.2) is 0 Å². The molecule has 3 rings (SSSR count). The molecule has 0 N–H and O–H groups in total. The van der Waals surface area contributed by atoms with Crippen LogP contribution in [0.2, 0.25) is 5.02 Å². The van der Waals surface area contributed by atoms with Gasteiger partial charge in [0, 0.05) is 21.5 Å². The third-order valence-corrected chi connectivity index (χ3v) is 4.54. The molecule has 0 aliphatic carbocycles. The summed E-state index contributed by atoms with van der Waals surface area (Å²) >= 11 is 9.67. The van der Waals surface area contributed by atoms with Gasteiger partial charge in [0.05, 0.1) is 0 Å². The van der Waals surface area contributed by atoms with Crippen LogP contribution in [0.5, 0.6) is 0 Å². The van der Waals surface area contributed by atoms with Crippen LogP contribution in [0.4, 0.5) is 0 Å². The minimum atomic E-state index is 0.0757. The molecule has 0 saturated carbocycles. The molecule has 0 aromatic heterocycles. The SMILES string of the molecule is O=C(Cc1ccccc1Cl)c1ccc(Br)c2ccccc12. The molecule has 104 valence electrons. The third kappa shape index (κ3) is 2.87. The van der Waals surface area contributed by atoms with E-state index in [0.717, 1.165) is 26.4 Å². The highest BCUT2D eigenvalue weighted by atomic mass is 79.9. The molecule has 21 heavy (non-hydrogen) atoms. The predicted octanol–water partition coefficient (Wildman–Crippen LogP) is 5.68. The number of rotatable bonds is 3. The Morgan fingerprint density at radius 2 is 1.57 bits per heavy atom. The molecule has 3 aromatic carbocycles. The smallest absolute Gasteiger partial charge is 0.167 e. The first kappa shape index (κ1) is 14.3. The number of Topliss-reactive ketones (excluding diaryl/α,β-unsaturated/α-hetero) is 1. The Hall–Kier alpha value is -1.64. The van der Waals surface area contributed by atoms with Gasteiger partial charge in [-0.3, -0.25) is 4.79 Å². The molecule has 0 unspecified atom stereocenters. The molecular formula is C18H12BrClO. The first-order valence-corrected chi connectivity index (χ1v) is 7.78. The fourth-order valence-electron chi connectivity index (χ4n) is 2.42. The standard InChI is InChI=1S/C18H12BrClO/c19-16-10-9-15(13-6-2-3-7-14(13)16)18(21)11-12-5-1-4-8-17(12)20/h1-10H,11H2. The first-order chi connectivity index (χ1) is 10.2. The number of benzene rings is 3. The molecule has 1 nitrogen and oxygen atoms in total. The van der Waals surface area contributed by atoms with Crippen LogP contribution in [0.15, 0.2) is 65.1 Å². The van der Waals surface area contributed by atoms with Crippen LogP contribution in [0, 0.1) is 0 Å². The van der Waals surface area contributed by atoms with E-state index in [9.17, 15) is 4.79 Å². The Bertz CT molecular complexity index is 826. The Morgan fingerprint density at radius 3 is 2.33 bits per heavy atom. The Morgan fingerprint density at radius 1 is 0.905 bits per heavy atom. The van der Waals surface area contributed by atoms with Crippen LogP contribution in [0.3, 0.4) is 0 Å². The number of carbonyl (C=O) groups is 1. The number of carbonyl (C=O) groups excluding carboxylic acids is 1. The van der Waals surface area contributed by atoms with E-state index in [1.165, 1.54) is 0 Å². The maximum atomic E-state index is 12.6. The van der Waals surface area contributed by atoms with Crippen LogP contribution in [-0.4, -0.2) is 5.78 Å². The average molecular weight is 360 g/mol. The second-order valence-electron chi connectivity index (χ2n) is 4.83. The van der Waals surface area contributed by atoms with Gasteiger partial charge in [0.2, 0.25) is 0 Å². The average Bonchev–Trinajstić information content (AvgIpc) is 2.50. The highest BCUT2D eigenvalue weighted by Crippen LogP contribution is 2.28. The zero-order valence-corrected chi connectivity index (χ0v) is 13.5. The molecule has 0 saturated heterocycles. The van der Waals surface area contributed by atoms with Crippen molar-refractivity contribution in [2.75, 3.05) is 0 Å². The summed E-state index contributed by atoms with van der Waals surface area (Å²) < 4.78 is 0.993. The summed E-state index contributed by atoms with van der Waals surface area (Å²) in [6.07, 6.45) is 0.311. The molecule has 0 radical (unpaired) electrons. The summed E-state index contributed by atoms with van der Waals surface area (Å²) in [7, 11) is 0. The van der Waals surface area contributed by atoms with Crippen LogP contribution >= 0.6 is 27.5 Å². The van der Waals surface area contributed by atoms with Gasteiger partial charge in [-0.2, -0.15) is 0 Å². The van der Waals surface area contributed by atoms with Crippen LogP contribution in [-0.2, 0) is 6.42 Å². The molecular weight excluding hydrogens is 348 g/mol. The van der Waals surface area contributed by atoms with Crippen LogP contribution < -0.4 is 0 Å². The summed E-state index contributed by atoms with van der Waals surface area (Å²) in [4.78, 5) is 12.6. The summed E-state index contributed by atoms with van der Waals surface area (Å²) in [6, 6.07) is 19.1. The maximum absolute atomic E-state index is 12.6. The van der Waals surface area contributed by atoms with Crippen molar-refractivity contribution in [2.45, 2.75) is 6.42 Å². The molecule has 3 heteroatoms. The predicted molar refractivity (Wildman–Crippen MR) is 91.1 cm³/mol. The number of hydrogen-bond donors (Lipinski definition) is 0. The van der Waals surface area contributed by atoms with E-state index in [2.05, 4.69) is 15.9 Å². The van der Waals surface area contributed by atoms with Crippen LogP contribution in [0.1, 0.15) is 15.9 Å². The number of halogens is 2. The van der Waals surface area contributed by atoms with E-state index in [1.807, 2.05) is 60.7 Å². The second kappa shape index (κ2) is 6.00. The lowest BCUT2D eigenvalue weighted by molar-refractivity contribution is 0.0994. The lowest BCUT2D eigenvalue weighted by Gasteiger charge is -2.08. The maximum Gasteiger partial charge on any atom is 0.167 e. The summed E-state index contributed by atoms with van der Waals surface area (Å²) in [5, 5.41) is 2.64. The molecule has 0 atom stereocenters. The van der Waals surface area contributed by atoms with Crippen molar-refractivity contribution in [3.05, 3.63) is 81.3 Å². The number of fused-ring (bicyclic) bond motifs is 1. The van der Waals surface area contributed by atoms with E-state index >= 15 is 0 Å². The van der Waals surface area contributed by atoms with Gasteiger partial charge < -0.3 is 0 Å². The van der Waals surface area contributed by atoms with Gasteiger partial charge in [0.25, 0.3) is 0 Å². The lowest BCUT2D eigenvalue weighted by Crippen LogP contribution is -2.05. The Labute approximate surface area is 136 Å². The normalized spacial score (nSPS) is 10.8. The molecule has 0 fully saturated rings. The summed E-state index contributed by atoms with van der Waals surface area (Å²) in [5.41, 5.74) is 1.59. The van der Waals surface area contributed by atoms with E-state index in [1.54, 1.807) is 0 Å². The van der Waals surface area contributed by atoms with Crippen molar-refractivity contribution in [1.82, 2.24) is 0 Å². The zero-order valence-electron chi connectivity index (χ0n) is 11.1. The quantitative estimate of drug-likeness (QED) is 0.550. The molecule has 0 aliphatic heterocycles. The fraction of sp³-hybridized carbons (Fsp3) is 0.0556. The minimum absolute atomic E-state index is 0.0757. The summed E-state index contributed by atoms with van der Waals surface area (Å²) in [5.74, 6) is 0.0757. The minimum Gasteiger partial charge on any atom is -0.294 e. The van der Waals surface area contributed by atoms with Crippen molar-refractivity contribution in [3.63, 3.8) is 0 Å². The molecule has 0 aliphatic rings. The van der Waals surface area contributed by atoms with Crippen molar-refractivity contribution < 1.29 is 4.79 Å². The van der Waals surface area contributed by atoms with E-state index < -0.39 is 0 Å². The van der Waals surface area contributed by atoms with Gasteiger partial charge in [0.1, 0.15) is 0 Å². The molecule has 0 heterocycles. The summed E-state index contributed by atoms with van der Waals surface area (Å²) in [6.45, 7) is 0. The van der Waals surface area contributed by atoms with Gasteiger partial charge >= 0.3 is 0 Å². The Kier molecular flexibility index (Phi) is 4.09. The Balaban J connectivity index is 2.03. The van der Waals surface area contributed by atoms with Gasteiger partial charge in [0.15, 0.2) is 5.78 Å². The van der Waals surface area contributed by atoms with Gasteiger partial charge in [-0.05, 0) is 34.5 Å². The van der Waals surface area contributed by atoms with E-state index in [0.29, 0.717) is 11.4 Å². The molecule has 0 bridgehead atoms. The zero-order chi connectivity index (χ0) is 14.8. The van der Waals surface area contributed by atoms with E-state index in [4.69, 9.17) is 11.6 Å². The second-order valence-corrected chi connectivity index (χ2v) is 6.09. The number of hydrogen-bond acceptors (Lipinski definition) is 1. The van der Waals surface area contributed by atoms with Gasteiger partial charge in [-0.15, -0.1) is 0 Å².